The third-order valence-corrected chi connectivity index (χ3v) is 1.95. The Kier molecular flexibility index (Phi) is 3.82. The normalized spacial score (nSPS) is 9.67. The predicted octanol–water partition coefficient (Wildman–Crippen LogP) is 1.23. The minimum absolute atomic E-state index is 0.0185. The van der Waals surface area contributed by atoms with Crippen molar-refractivity contribution in [2.45, 2.75) is 6.92 Å². The van der Waals surface area contributed by atoms with Crippen molar-refractivity contribution in [1.29, 1.82) is 0 Å². The number of carboxylic acids is 1. The van der Waals surface area contributed by atoms with Crippen LogP contribution in [0.3, 0.4) is 0 Å². The molecule has 0 aliphatic carbocycles. The molecule has 0 bridgehead atoms. The number of methoxy groups -OCH3 is 1. The number of hydrogen-bond donors (Lipinski definition) is 1. The van der Waals surface area contributed by atoms with Crippen LogP contribution >= 0.6 is 0 Å². The molecule has 0 aliphatic heterocycles. The summed E-state index contributed by atoms with van der Waals surface area (Å²) in [6.45, 7) is 1.01. The van der Waals surface area contributed by atoms with E-state index in [1.54, 1.807) is 0 Å². The molecule has 0 radical (unpaired) electrons. The van der Waals surface area contributed by atoms with E-state index >= 15 is 0 Å². The van der Waals surface area contributed by atoms with Gasteiger partial charge in [0, 0.05) is 6.92 Å². The van der Waals surface area contributed by atoms with Crippen LogP contribution in [0.1, 0.15) is 17.3 Å². The lowest BCUT2D eigenvalue weighted by Gasteiger charge is -2.08. The molecule has 0 saturated heterocycles. The maximum atomic E-state index is 11.0. The summed E-state index contributed by atoms with van der Waals surface area (Å²) in [5.74, 6) is -2.95. The monoisotopic (exact) mass is 255 g/mol. The summed E-state index contributed by atoms with van der Waals surface area (Å²) >= 11 is 0. The van der Waals surface area contributed by atoms with Crippen LogP contribution in [0, 0.1) is 10.1 Å². The van der Waals surface area contributed by atoms with Gasteiger partial charge in [0.1, 0.15) is 11.3 Å². The molecule has 0 unspecified atom stereocenters. The van der Waals surface area contributed by atoms with E-state index in [1.165, 1.54) is 7.11 Å². The average Bonchev–Trinajstić information content (AvgIpc) is 2.27. The first-order chi connectivity index (χ1) is 8.36. The highest BCUT2D eigenvalue weighted by Crippen LogP contribution is 2.35. The summed E-state index contributed by atoms with van der Waals surface area (Å²) in [6.07, 6.45) is 0. The lowest BCUT2D eigenvalue weighted by Crippen LogP contribution is -2.10. The van der Waals surface area contributed by atoms with Gasteiger partial charge in [-0.2, -0.15) is 0 Å². The molecule has 1 rings (SSSR count). The highest BCUT2D eigenvalue weighted by atomic mass is 16.6. The Hall–Kier alpha value is -2.64. The van der Waals surface area contributed by atoms with Gasteiger partial charge in [-0.3, -0.25) is 14.9 Å². The van der Waals surface area contributed by atoms with E-state index in [4.69, 9.17) is 9.84 Å². The topological polar surface area (TPSA) is 116 Å². The van der Waals surface area contributed by atoms with E-state index < -0.39 is 33.9 Å². The van der Waals surface area contributed by atoms with Gasteiger partial charge in [0.25, 0.3) is 0 Å². The lowest BCUT2D eigenvalue weighted by atomic mass is 10.1. The highest BCUT2D eigenvalue weighted by Gasteiger charge is 2.26. The summed E-state index contributed by atoms with van der Waals surface area (Å²) in [5, 5.41) is 19.7. The van der Waals surface area contributed by atoms with Gasteiger partial charge < -0.3 is 14.6 Å². The number of rotatable bonds is 4. The predicted molar refractivity (Wildman–Crippen MR) is 57.9 cm³/mol. The molecular formula is C10H9NO7. The third kappa shape index (κ3) is 2.73. The second-order valence-corrected chi connectivity index (χ2v) is 3.18. The van der Waals surface area contributed by atoms with Gasteiger partial charge >= 0.3 is 17.6 Å². The van der Waals surface area contributed by atoms with Gasteiger partial charge in [0.05, 0.1) is 18.1 Å². The number of benzene rings is 1. The van der Waals surface area contributed by atoms with Gasteiger partial charge in [0.15, 0.2) is 0 Å². The van der Waals surface area contributed by atoms with Crippen LogP contribution in [-0.4, -0.2) is 29.1 Å². The number of nitro benzene ring substituents is 1. The van der Waals surface area contributed by atoms with Gasteiger partial charge in [0.2, 0.25) is 5.75 Å². The molecule has 0 aromatic heterocycles. The van der Waals surface area contributed by atoms with Crippen LogP contribution < -0.4 is 9.47 Å². The fourth-order valence-electron chi connectivity index (χ4n) is 1.25. The summed E-state index contributed by atoms with van der Waals surface area (Å²) in [7, 11) is 1.23. The molecule has 0 fully saturated rings. The minimum Gasteiger partial charge on any atom is -0.496 e. The van der Waals surface area contributed by atoms with Crippen LogP contribution in [-0.2, 0) is 4.79 Å². The van der Waals surface area contributed by atoms with Crippen LogP contribution in [0.25, 0.3) is 0 Å². The van der Waals surface area contributed by atoms with Crippen LogP contribution in [0.2, 0.25) is 0 Å². The minimum atomic E-state index is -1.46. The van der Waals surface area contributed by atoms with E-state index in [-0.39, 0.29) is 5.75 Å². The summed E-state index contributed by atoms with van der Waals surface area (Å²) in [6, 6.07) is 2.01. The van der Waals surface area contributed by atoms with Crippen molar-refractivity contribution < 1.29 is 29.1 Å². The van der Waals surface area contributed by atoms with E-state index in [0.29, 0.717) is 0 Å². The molecule has 0 saturated carbocycles. The van der Waals surface area contributed by atoms with Crippen molar-refractivity contribution in [3.8, 4) is 11.5 Å². The van der Waals surface area contributed by atoms with Crippen molar-refractivity contribution in [1.82, 2.24) is 0 Å². The van der Waals surface area contributed by atoms with E-state index in [2.05, 4.69) is 4.74 Å². The molecule has 1 N–H and O–H groups in total. The van der Waals surface area contributed by atoms with E-state index in [0.717, 1.165) is 19.1 Å². The van der Waals surface area contributed by atoms with Gasteiger partial charge in [-0.05, 0) is 6.07 Å². The molecule has 0 heterocycles. The van der Waals surface area contributed by atoms with Gasteiger partial charge in [-0.15, -0.1) is 0 Å². The molecule has 0 atom stereocenters. The molecule has 0 amide bonds. The molecule has 0 aliphatic rings. The van der Waals surface area contributed by atoms with Gasteiger partial charge in [-0.1, -0.05) is 0 Å². The fraction of sp³-hybridized carbons (Fsp3) is 0.200. The Morgan fingerprint density at radius 1 is 1.39 bits per heavy atom. The third-order valence-electron chi connectivity index (χ3n) is 1.95. The molecule has 96 valence electrons. The van der Waals surface area contributed by atoms with Crippen LogP contribution in [0.5, 0.6) is 11.5 Å². The summed E-state index contributed by atoms with van der Waals surface area (Å²) in [5.41, 5.74) is -1.17. The number of nitrogens with zero attached hydrogens (tertiary/aromatic N) is 1. The second-order valence-electron chi connectivity index (χ2n) is 3.18. The standard InChI is InChI=1S/C10H9NO7/c1-5(12)18-9-7(10(13)14)3-6(17-2)4-8(9)11(15)16/h3-4H,1-2H3,(H,13,14). The van der Waals surface area contributed by atoms with Crippen LogP contribution in [0.15, 0.2) is 12.1 Å². The zero-order chi connectivity index (χ0) is 13.9. The van der Waals surface area contributed by atoms with E-state index in [9.17, 15) is 19.7 Å². The van der Waals surface area contributed by atoms with Crippen molar-refractivity contribution >= 4 is 17.6 Å². The Bertz CT molecular complexity index is 488. The Morgan fingerprint density at radius 3 is 2.39 bits per heavy atom. The fourth-order valence-corrected chi connectivity index (χ4v) is 1.25. The molecule has 18 heavy (non-hydrogen) atoms. The number of carboxylic acid groups (broad SMARTS) is 1. The number of aromatic carboxylic acids is 1. The molecule has 1 aromatic rings. The van der Waals surface area contributed by atoms with Crippen molar-refractivity contribution in [3.63, 3.8) is 0 Å². The first kappa shape index (κ1) is 13.4. The zero-order valence-electron chi connectivity index (χ0n) is 9.50. The first-order valence-electron chi connectivity index (χ1n) is 4.65. The highest BCUT2D eigenvalue weighted by molar-refractivity contribution is 5.94. The molecule has 1 aromatic carbocycles. The zero-order valence-corrected chi connectivity index (χ0v) is 9.50. The maximum Gasteiger partial charge on any atom is 0.339 e. The average molecular weight is 255 g/mol. The van der Waals surface area contributed by atoms with Crippen LogP contribution in [0.4, 0.5) is 5.69 Å². The smallest absolute Gasteiger partial charge is 0.339 e. The largest absolute Gasteiger partial charge is 0.496 e. The van der Waals surface area contributed by atoms with E-state index in [1.807, 2.05) is 0 Å². The second kappa shape index (κ2) is 5.13. The maximum absolute atomic E-state index is 11.0. The Morgan fingerprint density at radius 2 is 2.00 bits per heavy atom. The Balaban J connectivity index is 3.54. The van der Waals surface area contributed by atoms with Crippen molar-refractivity contribution in [3.05, 3.63) is 27.8 Å². The SMILES string of the molecule is COc1cc(C(=O)O)c(OC(C)=O)c([N+](=O)[O-])c1. The quantitative estimate of drug-likeness (QED) is 0.372. The molecule has 8 nitrogen and oxygen atoms in total. The van der Waals surface area contributed by atoms with Crippen molar-refractivity contribution in [2.75, 3.05) is 7.11 Å². The number of nitro groups is 1. The number of carbonyl (C=O) groups is 2. The molecular weight excluding hydrogens is 246 g/mol. The molecule has 8 heteroatoms. The first-order valence-corrected chi connectivity index (χ1v) is 4.65. The number of ether oxygens (including phenoxy) is 2. The molecule has 0 spiro atoms. The lowest BCUT2D eigenvalue weighted by molar-refractivity contribution is -0.385. The Labute approximate surface area is 101 Å². The summed E-state index contributed by atoms with van der Waals surface area (Å²) in [4.78, 5) is 31.8. The summed E-state index contributed by atoms with van der Waals surface area (Å²) < 4.78 is 9.33. The van der Waals surface area contributed by atoms with Gasteiger partial charge in [-0.25, -0.2) is 4.79 Å². The van der Waals surface area contributed by atoms with Crippen molar-refractivity contribution in [2.24, 2.45) is 0 Å². The number of carbonyl (C=O) groups excluding carboxylic acids is 1. The number of esters is 1. The number of hydrogen-bond acceptors (Lipinski definition) is 6.